The van der Waals surface area contributed by atoms with Gasteiger partial charge in [-0.25, -0.2) is 0 Å². The molecule has 0 amide bonds. The fraction of sp³-hybridized carbons (Fsp3) is 0.429. The Hall–Kier alpha value is -0.900. The lowest BCUT2D eigenvalue weighted by molar-refractivity contribution is 0.323. The topological polar surface area (TPSA) is 30.5 Å². The number of nitrogens with one attached hydrogen (secondary N) is 1. The van der Waals surface area contributed by atoms with Crippen molar-refractivity contribution in [1.82, 2.24) is 5.32 Å². The van der Waals surface area contributed by atoms with Crippen LogP contribution in [0.15, 0.2) is 28.8 Å². The number of ether oxygens (including phenoxy) is 2. The molecule has 0 atom stereocenters. The van der Waals surface area contributed by atoms with Crippen molar-refractivity contribution in [2.24, 2.45) is 0 Å². The highest BCUT2D eigenvalue weighted by Gasteiger charge is 2.20. The van der Waals surface area contributed by atoms with Crippen molar-refractivity contribution in [3.8, 4) is 11.5 Å². The molecule has 0 aliphatic heterocycles. The molecule has 0 spiro atoms. The van der Waals surface area contributed by atoms with Gasteiger partial charge < -0.3 is 14.8 Å². The first kappa shape index (κ1) is 14.5. The maximum Gasteiger partial charge on any atom is 0.161 e. The summed E-state index contributed by atoms with van der Waals surface area (Å²) in [6, 6.07) is 6.57. The summed E-state index contributed by atoms with van der Waals surface area (Å²) in [5, 5.41) is 3.91. The number of methoxy groups -OCH3 is 1. The Morgan fingerprint density at radius 1 is 1.42 bits per heavy atom. The van der Waals surface area contributed by atoms with E-state index in [0.717, 1.165) is 6.54 Å². The average molecular weight is 302 g/mol. The lowest BCUT2D eigenvalue weighted by Crippen LogP contribution is -2.15. The SMILES string of the molecule is COc1cc(CNC2CC2)ccc1OCC(Cl)=CCl. The van der Waals surface area contributed by atoms with Crippen LogP contribution < -0.4 is 14.8 Å². The molecule has 1 saturated carbocycles. The second-order valence-corrected chi connectivity index (χ2v) is 5.19. The first-order chi connectivity index (χ1) is 9.22. The summed E-state index contributed by atoms with van der Waals surface area (Å²) in [6.45, 7) is 1.09. The van der Waals surface area contributed by atoms with E-state index < -0.39 is 0 Å². The van der Waals surface area contributed by atoms with Crippen molar-refractivity contribution >= 4 is 23.2 Å². The molecular formula is C14H17Cl2NO2. The maximum atomic E-state index is 5.79. The first-order valence-corrected chi connectivity index (χ1v) is 7.02. The van der Waals surface area contributed by atoms with E-state index in [4.69, 9.17) is 32.7 Å². The standard InChI is InChI=1S/C14H17Cl2NO2/c1-18-14-6-10(8-17-12-3-4-12)2-5-13(14)19-9-11(16)7-15/h2,5-7,12,17H,3-4,8-9H2,1H3. The molecule has 1 aromatic carbocycles. The molecule has 0 radical (unpaired) electrons. The number of rotatable bonds is 7. The molecule has 0 unspecified atom stereocenters. The monoisotopic (exact) mass is 301 g/mol. The zero-order valence-electron chi connectivity index (χ0n) is 10.8. The molecule has 2 rings (SSSR count). The smallest absolute Gasteiger partial charge is 0.161 e. The van der Waals surface area contributed by atoms with Crippen molar-refractivity contribution < 1.29 is 9.47 Å². The molecule has 3 nitrogen and oxygen atoms in total. The fourth-order valence-electron chi connectivity index (χ4n) is 1.67. The molecule has 0 heterocycles. The minimum Gasteiger partial charge on any atom is -0.493 e. The molecule has 19 heavy (non-hydrogen) atoms. The van der Waals surface area contributed by atoms with Crippen molar-refractivity contribution in [1.29, 1.82) is 0 Å². The number of hydrogen-bond acceptors (Lipinski definition) is 3. The third-order valence-electron chi connectivity index (χ3n) is 2.88. The van der Waals surface area contributed by atoms with E-state index in [1.54, 1.807) is 7.11 Å². The second-order valence-electron chi connectivity index (χ2n) is 4.49. The largest absolute Gasteiger partial charge is 0.493 e. The molecule has 1 aromatic rings. The highest BCUT2D eigenvalue weighted by Crippen LogP contribution is 2.29. The van der Waals surface area contributed by atoms with Crippen LogP contribution >= 0.6 is 23.2 Å². The molecule has 1 N–H and O–H groups in total. The van der Waals surface area contributed by atoms with Gasteiger partial charge in [0.15, 0.2) is 11.5 Å². The zero-order valence-corrected chi connectivity index (χ0v) is 12.3. The zero-order chi connectivity index (χ0) is 13.7. The number of halogens is 2. The van der Waals surface area contributed by atoms with Crippen LogP contribution in [0.1, 0.15) is 18.4 Å². The average Bonchev–Trinajstić information content (AvgIpc) is 3.26. The van der Waals surface area contributed by atoms with Gasteiger partial charge in [0.25, 0.3) is 0 Å². The van der Waals surface area contributed by atoms with E-state index in [0.29, 0.717) is 22.6 Å². The van der Waals surface area contributed by atoms with E-state index in [1.165, 1.54) is 23.9 Å². The minimum absolute atomic E-state index is 0.237. The number of benzene rings is 1. The summed E-state index contributed by atoms with van der Waals surface area (Å²) >= 11 is 11.3. The van der Waals surface area contributed by atoms with Gasteiger partial charge in [-0.2, -0.15) is 0 Å². The quantitative estimate of drug-likeness (QED) is 0.834. The Bertz CT molecular complexity index is 459. The third-order valence-corrected chi connectivity index (χ3v) is 3.48. The lowest BCUT2D eigenvalue weighted by atomic mass is 10.2. The highest BCUT2D eigenvalue weighted by molar-refractivity contribution is 6.36. The van der Waals surface area contributed by atoms with Gasteiger partial charge in [-0.1, -0.05) is 29.3 Å². The van der Waals surface area contributed by atoms with Crippen LogP contribution in [0.5, 0.6) is 11.5 Å². The molecule has 1 aliphatic rings. The summed E-state index contributed by atoms with van der Waals surface area (Å²) in [5.41, 5.74) is 2.47. The number of hydrogen-bond donors (Lipinski definition) is 1. The third kappa shape index (κ3) is 4.60. The predicted molar refractivity (Wildman–Crippen MR) is 78.1 cm³/mol. The van der Waals surface area contributed by atoms with Crippen LogP contribution in [0.25, 0.3) is 0 Å². The van der Waals surface area contributed by atoms with Crippen molar-refractivity contribution in [2.75, 3.05) is 13.7 Å². The van der Waals surface area contributed by atoms with Crippen molar-refractivity contribution in [3.05, 3.63) is 34.3 Å². The van der Waals surface area contributed by atoms with Crippen molar-refractivity contribution in [3.63, 3.8) is 0 Å². The first-order valence-electron chi connectivity index (χ1n) is 6.20. The van der Waals surface area contributed by atoms with Gasteiger partial charge in [-0.15, -0.1) is 0 Å². The van der Waals surface area contributed by atoms with Gasteiger partial charge in [0.2, 0.25) is 0 Å². The Balaban J connectivity index is 1.98. The van der Waals surface area contributed by atoms with E-state index >= 15 is 0 Å². The molecule has 1 fully saturated rings. The summed E-state index contributed by atoms with van der Waals surface area (Å²) in [7, 11) is 1.62. The Morgan fingerprint density at radius 3 is 2.84 bits per heavy atom. The Morgan fingerprint density at radius 2 is 2.21 bits per heavy atom. The van der Waals surface area contributed by atoms with Crippen LogP contribution in [0.4, 0.5) is 0 Å². The van der Waals surface area contributed by atoms with Crippen LogP contribution in [0, 0.1) is 0 Å². The van der Waals surface area contributed by atoms with E-state index in [-0.39, 0.29) is 6.61 Å². The minimum atomic E-state index is 0.237. The molecule has 0 bridgehead atoms. The molecule has 5 heteroatoms. The molecule has 0 aromatic heterocycles. The van der Waals surface area contributed by atoms with E-state index in [9.17, 15) is 0 Å². The Labute approximate surface area is 123 Å². The highest BCUT2D eigenvalue weighted by atomic mass is 35.5. The van der Waals surface area contributed by atoms with Gasteiger partial charge in [0.05, 0.1) is 12.1 Å². The van der Waals surface area contributed by atoms with Crippen LogP contribution in [-0.4, -0.2) is 19.8 Å². The Kier molecular flexibility index (Phi) is 5.37. The summed E-state index contributed by atoms with van der Waals surface area (Å²) < 4.78 is 10.9. The van der Waals surface area contributed by atoms with Gasteiger partial charge in [0.1, 0.15) is 6.61 Å². The van der Waals surface area contributed by atoms with Gasteiger partial charge in [-0.05, 0) is 30.5 Å². The van der Waals surface area contributed by atoms with Crippen molar-refractivity contribution in [2.45, 2.75) is 25.4 Å². The molecule has 0 saturated heterocycles. The second kappa shape index (κ2) is 7.04. The van der Waals surface area contributed by atoms with E-state index in [2.05, 4.69) is 5.32 Å². The van der Waals surface area contributed by atoms with Gasteiger partial charge in [0, 0.05) is 18.1 Å². The fourth-order valence-corrected chi connectivity index (χ4v) is 1.79. The van der Waals surface area contributed by atoms with Gasteiger partial charge >= 0.3 is 0 Å². The van der Waals surface area contributed by atoms with E-state index in [1.807, 2.05) is 18.2 Å². The predicted octanol–water partition coefficient (Wildman–Crippen LogP) is 3.65. The van der Waals surface area contributed by atoms with Crippen LogP contribution in [-0.2, 0) is 6.54 Å². The van der Waals surface area contributed by atoms with Gasteiger partial charge in [-0.3, -0.25) is 0 Å². The maximum absolute atomic E-state index is 5.79. The molecule has 1 aliphatic carbocycles. The van der Waals surface area contributed by atoms with Crippen LogP contribution in [0.2, 0.25) is 0 Å². The summed E-state index contributed by atoms with van der Waals surface area (Å²) in [6.07, 6.45) is 2.56. The van der Waals surface area contributed by atoms with Crippen LogP contribution in [0.3, 0.4) is 0 Å². The lowest BCUT2D eigenvalue weighted by Gasteiger charge is -2.12. The normalized spacial score (nSPS) is 15.4. The summed E-state index contributed by atoms with van der Waals surface area (Å²) in [4.78, 5) is 0. The molecular weight excluding hydrogens is 285 g/mol. The summed E-state index contributed by atoms with van der Waals surface area (Å²) in [5.74, 6) is 1.36. The molecule has 104 valence electrons.